The summed E-state index contributed by atoms with van der Waals surface area (Å²) in [7, 11) is -3.99. The minimum atomic E-state index is -4.59. The zero-order valence-electron chi connectivity index (χ0n) is 16.0. The van der Waals surface area contributed by atoms with Crippen molar-refractivity contribution in [1.82, 2.24) is 9.21 Å². The molecule has 30 heavy (non-hydrogen) atoms. The summed E-state index contributed by atoms with van der Waals surface area (Å²) >= 11 is 0. The number of rotatable bonds is 4. The molecule has 2 heterocycles. The molecular formula is C20H21F3N2O4S. The Bertz CT molecular complexity index is 1010. The van der Waals surface area contributed by atoms with Crippen LogP contribution in [0.15, 0.2) is 53.4 Å². The molecule has 0 spiro atoms. The maximum atomic E-state index is 12.9. The van der Waals surface area contributed by atoms with Crippen LogP contribution in [0.5, 0.6) is 11.5 Å². The fourth-order valence-corrected chi connectivity index (χ4v) is 5.04. The maximum Gasteiger partial charge on any atom is 0.416 e. The van der Waals surface area contributed by atoms with Crippen LogP contribution in [0.25, 0.3) is 0 Å². The molecule has 0 saturated carbocycles. The number of para-hydroxylation sites is 2. The first-order valence-corrected chi connectivity index (χ1v) is 11.0. The third kappa shape index (κ3) is 4.40. The van der Waals surface area contributed by atoms with E-state index in [1.54, 1.807) is 0 Å². The van der Waals surface area contributed by atoms with Crippen LogP contribution in [0, 0.1) is 0 Å². The van der Waals surface area contributed by atoms with Gasteiger partial charge in [0.15, 0.2) is 11.5 Å². The Balaban J connectivity index is 1.36. The molecule has 0 radical (unpaired) electrons. The van der Waals surface area contributed by atoms with Crippen LogP contribution in [-0.2, 0) is 16.2 Å². The molecule has 6 nitrogen and oxygen atoms in total. The molecule has 2 aliphatic heterocycles. The smallest absolute Gasteiger partial charge is 0.416 e. The lowest BCUT2D eigenvalue weighted by molar-refractivity contribution is -0.137. The predicted octanol–water partition coefficient (Wildman–Crippen LogP) is 2.85. The fraction of sp³-hybridized carbons (Fsp3) is 0.400. The van der Waals surface area contributed by atoms with Gasteiger partial charge in [0, 0.05) is 32.7 Å². The van der Waals surface area contributed by atoms with Crippen LogP contribution < -0.4 is 9.47 Å². The van der Waals surface area contributed by atoms with Crippen LogP contribution in [0.2, 0.25) is 0 Å². The van der Waals surface area contributed by atoms with Crippen molar-refractivity contribution in [2.24, 2.45) is 0 Å². The summed E-state index contributed by atoms with van der Waals surface area (Å²) in [6.45, 7) is 2.29. The van der Waals surface area contributed by atoms with E-state index >= 15 is 0 Å². The highest BCUT2D eigenvalue weighted by atomic mass is 32.2. The zero-order chi connectivity index (χ0) is 21.4. The summed E-state index contributed by atoms with van der Waals surface area (Å²) in [5, 5.41) is 0. The van der Waals surface area contributed by atoms with E-state index in [9.17, 15) is 21.6 Å². The van der Waals surface area contributed by atoms with Crippen molar-refractivity contribution in [1.29, 1.82) is 0 Å². The Labute approximate surface area is 172 Å². The number of piperazine rings is 1. The van der Waals surface area contributed by atoms with E-state index in [0.717, 1.165) is 12.1 Å². The molecule has 0 amide bonds. The van der Waals surface area contributed by atoms with Crippen molar-refractivity contribution in [3.05, 3.63) is 54.1 Å². The number of nitrogens with zero attached hydrogens (tertiary/aromatic N) is 2. The first-order chi connectivity index (χ1) is 14.2. The van der Waals surface area contributed by atoms with Gasteiger partial charge in [0.25, 0.3) is 0 Å². The first-order valence-electron chi connectivity index (χ1n) is 9.52. The van der Waals surface area contributed by atoms with Crippen molar-refractivity contribution < 1.29 is 31.1 Å². The zero-order valence-corrected chi connectivity index (χ0v) is 16.8. The molecular weight excluding hydrogens is 421 g/mol. The van der Waals surface area contributed by atoms with E-state index in [4.69, 9.17) is 9.47 Å². The van der Waals surface area contributed by atoms with Gasteiger partial charge in [0.1, 0.15) is 12.7 Å². The Morgan fingerprint density at radius 3 is 2.37 bits per heavy atom. The van der Waals surface area contributed by atoms with Gasteiger partial charge in [-0.3, -0.25) is 4.90 Å². The number of hydrogen-bond acceptors (Lipinski definition) is 5. The second-order valence-electron chi connectivity index (χ2n) is 7.23. The number of alkyl halides is 3. The summed E-state index contributed by atoms with van der Waals surface area (Å²) < 4.78 is 77.2. The van der Waals surface area contributed by atoms with Crippen molar-refractivity contribution >= 4 is 10.0 Å². The molecule has 0 bridgehead atoms. The molecule has 2 aromatic carbocycles. The molecule has 0 aromatic heterocycles. The molecule has 1 fully saturated rings. The standard InChI is InChI=1S/C20H21F3N2O4S/c21-20(22,23)15-4-3-5-17(12-15)30(26,27)25-10-8-24(9-11-25)13-16-14-28-18-6-1-2-7-19(18)29-16/h1-7,12,16H,8-11,13-14H2. The van der Waals surface area contributed by atoms with Crippen molar-refractivity contribution in [2.45, 2.75) is 17.2 Å². The van der Waals surface area contributed by atoms with Crippen LogP contribution in [-0.4, -0.2) is 63.1 Å². The molecule has 0 N–H and O–H groups in total. The maximum absolute atomic E-state index is 12.9. The van der Waals surface area contributed by atoms with Crippen LogP contribution >= 0.6 is 0 Å². The lowest BCUT2D eigenvalue weighted by atomic mass is 10.2. The number of sulfonamides is 1. The Hall–Kier alpha value is -2.30. The fourth-order valence-electron chi connectivity index (χ4n) is 3.58. The Morgan fingerprint density at radius 1 is 0.967 bits per heavy atom. The normalized spacial score (nSPS) is 20.8. The molecule has 4 rings (SSSR count). The van der Waals surface area contributed by atoms with Gasteiger partial charge >= 0.3 is 6.18 Å². The van der Waals surface area contributed by atoms with Gasteiger partial charge < -0.3 is 9.47 Å². The number of benzene rings is 2. The molecule has 1 unspecified atom stereocenters. The third-order valence-corrected chi connectivity index (χ3v) is 7.05. The highest BCUT2D eigenvalue weighted by Gasteiger charge is 2.34. The predicted molar refractivity (Wildman–Crippen MR) is 103 cm³/mol. The molecule has 2 aliphatic rings. The lowest BCUT2D eigenvalue weighted by Crippen LogP contribution is -2.52. The van der Waals surface area contributed by atoms with Crippen molar-refractivity contribution in [3.8, 4) is 11.5 Å². The second kappa shape index (κ2) is 8.09. The van der Waals surface area contributed by atoms with Gasteiger partial charge in [-0.15, -0.1) is 0 Å². The van der Waals surface area contributed by atoms with E-state index < -0.39 is 21.8 Å². The van der Waals surface area contributed by atoms with Gasteiger partial charge in [-0.05, 0) is 30.3 Å². The van der Waals surface area contributed by atoms with Gasteiger partial charge in [-0.2, -0.15) is 17.5 Å². The number of halogens is 3. The summed E-state index contributed by atoms with van der Waals surface area (Å²) in [5.41, 5.74) is -0.975. The van der Waals surface area contributed by atoms with Crippen LogP contribution in [0.3, 0.4) is 0 Å². The minimum Gasteiger partial charge on any atom is -0.486 e. The molecule has 162 valence electrons. The summed E-state index contributed by atoms with van der Waals surface area (Å²) in [6, 6.07) is 11.3. The molecule has 0 aliphatic carbocycles. The summed E-state index contributed by atoms with van der Waals surface area (Å²) in [4.78, 5) is 1.73. The molecule has 1 saturated heterocycles. The Kier molecular flexibility index (Phi) is 5.65. The average Bonchev–Trinajstić information content (AvgIpc) is 2.73. The quantitative estimate of drug-likeness (QED) is 0.729. The Morgan fingerprint density at radius 2 is 1.67 bits per heavy atom. The van der Waals surface area contributed by atoms with Gasteiger partial charge in [-0.25, -0.2) is 8.42 Å². The van der Waals surface area contributed by atoms with E-state index in [2.05, 4.69) is 4.90 Å². The summed E-state index contributed by atoms with van der Waals surface area (Å²) in [6.07, 6.45) is -4.77. The van der Waals surface area contributed by atoms with Gasteiger partial charge in [0.05, 0.1) is 10.5 Å². The highest BCUT2D eigenvalue weighted by Crippen LogP contribution is 2.32. The van der Waals surface area contributed by atoms with Crippen molar-refractivity contribution in [3.63, 3.8) is 0 Å². The minimum absolute atomic E-state index is 0.175. The third-order valence-electron chi connectivity index (χ3n) is 5.16. The molecule has 1 atom stereocenters. The topological polar surface area (TPSA) is 59.1 Å². The SMILES string of the molecule is O=S(=O)(c1cccc(C(F)(F)F)c1)N1CCN(CC2COc3ccccc3O2)CC1. The van der Waals surface area contributed by atoms with E-state index in [-0.39, 0.29) is 24.1 Å². The lowest BCUT2D eigenvalue weighted by Gasteiger charge is -2.36. The molecule has 10 heteroatoms. The van der Waals surface area contributed by atoms with E-state index in [1.165, 1.54) is 10.4 Å². The van der Waals surface area contributed by atoms with Crippen LogP contribution in [0.1, 0.15) is 5.56 Å². The summed E-state index contributed by atoms with van der Waals surface area (Å²) in [5.74, 6) is 1.38. The van der Waals surface area contributed by atoms with E-state index in [0.29, 0.717) is 43.8 Å². The highest BCUT2D eigenvalue weighted by molar-refractivity contribution is 7.89. The van der Waals surface area contributed by atoms with Crippen LogP contribution in [0.4, 0.5) is 13.2 Å². The molecule has 2 aromatic rings. The van der Waals surface area contributed by atoms with Gasteiger partial charge in [-0.1, -0.05) is 18.2 Å². The number of ether oxygens (including phenoxy) is 2. The second-order valence-corrected chi connectivity index (χ2v) is 9.17. The van der Waals surface area contributed by atoms with Gasteiger partial charge in [0.2, 0.25) is 10.0 Å². The number of fused-ring (bicyclic) bond motifs is 1. The van der Waals surface area contributed by atoms with E-state index in [1.807, 2.05) is 24.3 Å². The number of hydrogen-bond donors (Lipinski definition) is 0. The largest absolute Gasteiger partial charge is 0.486 e. The first kappa shape index (κ1) is 21.0. The average molecular weight is 442 g/mol. The van der Waals surface area contributed by atoms with Crippen molar-refractivity contribution in [2.75, 3.05) is 39.3 Å². The monoisotopic (exact) mass is 442 g/mol.